The van der Waals surface area contributed by atoms with Crippen LogP contribution in [-0.4, -0.2) is 40.2 Å². The van der Waals surface area contributed by atoms with Crippen LogP contribution in [0.2, 0.25) is 0 Å². The lowest BCUT2D eigenvalue weighted by molar-refractivity contribution is 0.155. The van der Waals surface area contributed by atoms with Crippen molar-refractivity contribution >= 4 is 22.7 Å². The Balaban J connectivity index is 1.73. The lowest BCUT2D eigenvalue weighted by Gasteiger charge is -2.15. The molecule has 0 saturated carbocycles. The van der Waals surface area contributed by atoms with Gasteiger partial charge in [0.25, 0.3) is 0 Å². The van der Waals surface area contributed by atoms with Gasteiger partial charge in [0.05, 0.1) is 5.52 Å². The van der Waals surface area contributed by atoms with Crippen molar-refractivity contribution in [1.82, 2.24) is 9.88 Å². The fraction of sp³-hybridized carbons (Fsp3) is 0.286. The van der Waals surface area contributed by atoms with Gasteiger partial charge in [0.15, 0.2) is 0 Å². The number of hydrogen-bond donors (Lipinski definition) is 2. The molecule has 1 aliphatic rings. The molecule has 0 aliphatic carbocycles. The number of fused-ring (bicyclic) bond motifs is 1. The molecule has 0 unspecified atom stereocenters. The van der Waals surface area contributed by atoms with E-state index in [-0.39, 0.29) is 6.04 Å². The highest BCUT2D eigenvalue weighted by atomic mass is 16.4. The first-order valence-corrected chi connectivity index (χ1v) is 6.31. The molecule has 5 heteroatoms. The van der Waals surface area contributed by atoms with Gasteiger partial charge in [0.1, 0.15) is 0 Å². The zero-order valence-electron chi connectivity index (χ0n) is 10.4. The standard InChI is InChI=1S/C14H15N3O2/c18-14(19)17-7-5-12(9-17)16-11-4-3-10-2-1-6-15-13(10)8-11/h1-4,6,8,12,16H,5,7,9H2,(H,18,19)/t12-/m1/s1. The first kappa shape index (κ1) is 11.8. The Labute approximate surface area is 110 Å². The van der Waals surface area contributed by atoms with Gasteiger partial charge in [-0.3, -0.25) is 4.98 Å². The van der Waals surface area contributed by atoms with Crippen molar-refractivity contribution in [2.24, 2.45) is 0 Å². The Hall–Kier alpha value is -2.30. The molecule has 3 rings (SSSR count). The summed E-state index contributed by atoms with van der Waals surface area (Å²) in [4.78, 5) is 16.6. The Kier molecular flexibility index (Phi) is 2.95. The lowest BCUT2D eigenvalue weighted by atomic mass is 10.2. The third-order valence-electron chi connectivity index (χ3n) is 3.44. The highest BCUT2D eigenvalue weighted by molar-refractivity contribution is 5.82. The van der Waals surface area contributed by atoms with E-state index in [0.717, 1.165) is 23.0 Å². The van der Waals surface area contributed by atoms with Gasteiger partial charge in [0, 0.05) is 36.4 Å². The van der Waals surface area contributed by atoms with Crippen molar-refractivity contribution in [3.63, 3.8) is 0 Å². The highest BCUT2D eigenvalue weighted by Gasteiger charge is 2.25. The third kappa shape index (κ3) is 2.45. The number of nitrogens with one attached hydrogen (secondary N) is 1. The lowest BCUT2D eigenvalue weighted by Crippen LogP contribution is -2.30. The molecule has 98 valence electrons. The van der Waals surface area contributed by atoms with E-state index < -0.39 is 6.09 Å². The van der Waals surface area contributed by atoms with Gasteiger partial charge >= 0.3 is 6.09 Å². The maximum Gasteiger partial charge on any atom is 0.407 e. The molecule has 0 spiro atoms. The molecule has 2 heterocycles. The summed E-state index contributed by atoms with van der Waals surface area (Å²) in [7, 11) is 0. The van der Waals surface area contributed by atoms with Crippen molar-refractivity contribution in [2.45, 2.75) is 12.5 Å². The molecule has 1 fully saturated rings. The summed E-state index contributed by atoms with van der Waals surface area (Å²) in [6.07, 6.45) is 1.77. The van der Waals surface area contributed by atoms with E-state index in [1.807, 2.05) is 30.3 Å². The zero-order valence-corrected chi connectivity index (χ0v) is 10.4. The van der Waals surface area contributed by atoms with E-state index in [4.69, 9.17) is 5.11 Å². The number of nitrogens with zero attached hydrogens (tertiary/aromatic N) is 2. The first-order chi connectivity index (χ1) is 9.22. The molecule has 1 saturated heterocycles. The van der Waals surface area contributed by atoms with E-state index >= 15 is 0 Å². The van der Waals surface area contributed by atoms with Crippen LogP contribution in [0, 0.1) is 0 Å². The normalized spacial score (nSPS) is 18.7. The van der Waals surface area contributed by atoms with Crippen molar-refractivity contribution in [3.8, 4) is 0 Å². The van der Waals surface area contributed by atoms with Crippen molar-refractivity contribution in [1.29, 1.82) is 0 Å². The van der Waals surface area contributed by atoms with Crippen LogP contribution in [0.3, 0.4) is 0 Å². The van der Waals surface area contributed by atoms with Crippen molar-refractivity contribution in [2.75, 3.05) is 18.4 Å². The van der Waals surface area contributed by atoms with Crippen LogP contribution in [0.4, 0.5) is 10.5 Å². The summed E-state index contributed by atoms with van der Waals surface area (Å²) >= 11 is 0. The molecule has 2 aromatic rings. The molecule has 2 N–H and O–H groups in total. The Bertz CT molecular complexity index is 614. The second-order valence-electron chi connectivity index (χ2n) is 4.77. The average Bonchev–Trinajstić information content (AvgIpc) is 2.87. The first-order valence-electron chi connectivity index (χ1n) is 6.31. The minimum Gasteiger partial charge on any atom is -0.465 e. The summed E-state index contributed by atoms with van der Waals surface area (Å²) in [5.74, 6) is 0. The third-order valence-corrected chi connectivity index (χ3v) is 3.44. The van der Waals surface area contributed by atoms with Crippen LogP contribution in [0.5, 0.6) is 0 Å². The van der Waals surface area contributed by atoms with Crippen LogP contribution in [0.1, 0.15) is 6.42 Å². The second kappa shape index (κ2) is 4.76. The number of pyridine rings is 1. The number of carbonyl (C=O) groups is 1. The Morgan fingerprint density at radius 2 is 2.32 bits per heavy atom. The van der Waals surface area contributed by atoms with Crippen LogP contribution < -0.4 is 5.32 Å². The number of hydrogen-bond acceptors (Lipinski definition) is 3. The monoisotopic (exact) mass is 257 g/mol. The molecular formula is C14H15N3O2. The smallest absolute Gasteiger partial charge is 0.407 e. The van der Waals surface area contributed by atoms with Gasteiger partial charge in [-0.2, -0.15) is 0 Å². The van der Waals surface area contributed by atoms with Gasteiger partial charge in [0.2, 0.25) is 0 Å². The Morgan fingerprint density at radius 3 is 3.11 bits per heavy atom. The second-order valence-corrected chi connectivity index (χ2v) is 4.77. The fourth-order valence-electron chi connectivity index (χ4n) is 2.44. The maximum atomic E-state index is 10.9. The van der Waals surface area contributed by atoms with Crippen molar-refractivity contribution < 1.29 is 9.90 Å². The van der Waals surface area contributed by atoms with E-state index in [1.165, 1.54) is 4.90 Å². The van der Waals surface area contributed by atoms with E-state index in [0.29, 0.717) is 13.1 Å². The summed E-state index contributed by atoms with van der Waals surface area (Å²) in [6.45, 7) is 1.13. The molecule has 5 nitrogen and oxygen atoms in total. The summed E-state index contributed by atoms with van der Waals surface area (Å²) in [5.41, 5.74) is 1.93. The average molecular weight is 257 g/mol. The van der Waals surface area contributed by atoms with Gasteiger partial charge < -0.3 is 15.3 Å². The summed E-state index contributed by atoms with van der Waals surface area (Å²) in [6, 6.07) is 10.1. The SMILES string of the molecule is O=C(O)N1CC[C@@H](Nc2ccc3cccnc3c2)C1. The number of carboxylic acid groups (broad SMARTS) is 1. The Morgan fingerprint density at radius 1 is 1.42 bits per heavy atom. The predicted octanol–water partition coefficient (Wildman–Crippen LogP) is 2.40. The molecule has 1 atom stereocenters. The molecule has 1 aliphatic heterocycles. The fourth-order valence-corrected chi connectivity index (χ4v) is 2.44. The molecule has 19 heavy (non-hydrogen) atoms. The van der Waals surface area contributed by atoms with Crippen molar-refractivity contribution in [3.05, 3.63) is 36.5 Å². The molecular weight excluding hydrogens is 242 g/mol. The van der Waals surface area contributed by atoms with E-state index in [2.05, 4.69) is 10.3 Å². The zero-order chi connectivity index (χ0) is 13.2. The number of likely N-dealkylation sites (tertiary alicyclic amines) is 1. The number of anilines is 1. The van der Waals surface area contributed by atoms with Crippen LogP contribution in [0.15, 0.2) is 36.5 Å². The maximum absolute atomic E-state index is 10.9. The predicted molar refractivity (Wildman–Crippen MR) is 73.4 cm³/mol. The van der Waals surface area contributed by atoms with E-state index in [1.54, 1.807) is 6.20 Å². The number of aromatic nitrogens is 1. The van der Waals surface area contributed by atoms with Gasteiger partial charge in [-0.15, -0.1) is 0 Å². The molecule has 1 aromatic carbocycles. The van der Waals surface area contributed by atoms with Gasteiger partial charge in [-0.1, -0.05) is 12.1 Å². The molecule has 0 radical (unpaired) electrons. The highest BCUT2D eigenvalue weighted by Crippen LogP contribution is 2.20. The molecule has 0 bridgehead atoms. The van der Waals surface area contributed by atoms with Gasteiger partial charge in [-0.25, -0.2) is 4.79 Å². The van der Waals surface area contributed by atoms with E-state index in [9.17, 15) is 4.79 Å². The van der Waals surface area contributed by atoms with Gasteiger partial charge in [-0.05, 0) is 24.6 Å². The number of benzene rings is 1. The van der Waals surface area contributed by atoms with Crippen LogP contribution in [0.25, 0.3) is 10.9 Å². The quantitative estimate of drug-likeness (QED) is 0.867. The largest absolute Gasteiger partial charge is 0.465 e. The topological polar surface area (TPSA) is 65.5 Å². The minimum absolute atomic E-state index is 0.178. The van der Waals surface area contributed by atoms with Crippen LogP contribution in [-0.2, 0) is 0 Å². The number of rotatable bonds is 2. The molecule has 1 amide bonds. The van der Waals surface area contributed by atoms with Crippen LogP contribution >= 0.6 is 0 Å². The number of amides is 1. The summed E-state index contributed by atoms with van der Waals surface area (Å²) in [5, 5.41) is 13.4. The summed E-state index contributed by atoms with van der Waals surface area (Å²) < 4.78 is 0. The molecule has 1 aromatic heterocycles. The minimum atomic E-state index is -0.843.